The summed E-state index contributed by atoms with van der Waals surface area (Å²) in [7, 11) is -4.18. The average Bonchev–Trinajstić information content (AvgIpc) is 2.96. The maximum atomic E-state index is 13.7. The van der Waals surface area contributed by atoms with E-state index in [2.05, 4.69) is 10.2 Å². The van der Waals surface area contributed by atoms with Crippen LogP contribution in [0.3, 0.4) is 0 Å². The Hall–Kier alpha value is -2.40. The third-order valence-corrected chi connectivity index (χ3v) is 5.48. The summed E-state index contributed by atoms with van der Waals surface area (Å²) in [6.07, 6.45) is 1.31. The van der Waals surface area contributed by atoms with E-state index < -0.39 is 39.4 Å². The molecule has 1 aromatic carbocycles. The number of aliphatic carboxylic acids is 1. The SMILES string of the molecule is O=C(O)C1Cn2cnnc2CN1S(=O)(=O)Cc1ccc(F)cc1F. The first-order valence-electron chi connectivity index (χ1n) is 6.81. The Labute approximate surface area is 135 Å². The predicted octanol–water partition coefficient (Wildman–Crippen LogP) is 0.355. The first-order chi connectivity index (χ1) is 11.3. The van der Waals surface area contributed by atoms with Crippen LogP contribution in [-0.4, -0.2) is 44.6 Å². The number of carboxylic acids is 1. The molecule has 1 aliphatic heterocycles. The lowest BCUT2D eigenvalue weighted by Gasteiger charge is -2.32. The molecule has 0 saturated carbocycles. The minimum atomic E-state index is -4.18. The quantitative estimate of drug-likeness (QED) is 0.846. The molecule has 0 spiro atoms. The first-order valence-corrected chi connectivity index (χ1v) is 8.42. The van der Waals surface area contributed by atoms with Gasteiger partial charge in [0.25, 0.3) is 0 Å². The van der Waals surface area contributed by atoms with Crippen LogP contribution in [0.25, 0.3) is 0 Å². The fourth-order valence-electron chi connectivity index (χ4n) is 2.49. The molecule has 128 valence electrons. The van der Waals surface area contributed by atoms with Gasteiger partial charge in [-0.3, -0.25) is 4.79 Å². The van der Waals surface area contributed by atoms with Crippen LogP contribution in [-0.2, 0) is 33.7 Å². The molecule has 1 unspecified atom stereocenters. The number of nitrogens with zero attached hydrogens (tertiary/aromatic N) is 4. The van der Waals surface area contributed by atoms with E-state index in [9.17, 15) is 27.1 Å². The van der Waals surface area contributed by atoms with E-state index in [1.807, 2.05) is 0 Å². The van der Waals surface area contributed by atoms with E-state index >= 15 is 0 Å². The second-order valence-electron chi connectivity index (χ2n) is 5.29. The Balaban J connectivity index is 1.94. The zero-order valence-electron chi connectivity index (χ0n) is 12.1. The van der Waals surface area contributed by atoms with E-state index in [0.29, 0.717) is 6.07 Å². The fourth-order valence-corrected chi connectivity index (χ4v) is 4.14. The van der Waals surface area contributed by atoms with Gasteiger partial charge in [-0.1, -0.05) is 6.07 Å². The Morgan fingerprint density at radius 3 is 2.79 bits per heavy atom. The van der Waals surface area contributed by atoms with Crippen molar-refractivity contribution in [3.8, 4) is 0 Å². The van der Waals surface area contributed by atoms with E-state index in [-0.39, 0.29) is 24.5 Å². The molecule has 1 N–H and O–H groups in total. The summed E-state index contributed by atoms with van der Waals surface area (Å²) >= 11 is 0. The van der Waals surface area contributed by atoms with Gasteiger partial charge in [0.1, 0.15) is 29.8 Å². The smallest absolute Gasteiger partial charge is 0.323 e. The molecule has 0 bridgehead atoms. The first kappa shape index (κ1) is 16.5. The van der Waals surface area contributed by atoms with Crippen molar-refractivity contribution in [1.82, 2.24) is 19.1 Å². The third-order valence-electron chi connectivity index (χ3n) is 3.71. The monoisotopic (exact) mass is 358 g/mol. The molecule has 0 amide bonds. The van der Waals surface area contributed by atoms with Crippen LogP contribution in [0.15, 0.2) is 24.5 Å². The van der Waals surface area contributed by atoms with Gasteiger partial charge < -0.3 is 9.67 Å². The van der Waals surface area contributed by atoms with E-state index in [4.69, 9.17) is 0 Å². The van der Waals surface area contributed by atoms with E-state index in [0.717, 1.165) is 16.4 Å². The molecular weight excluding hydrogens is 346 g/mol. The Bertz CT molecular complexity index is 899. The highest BCUT2D eigenvalue weighted by Crippen LogP contribution is 2.23. The van der Waals surface area contributed by atoms with Crippen molar-refractivity contribution in [2.24, 2.45) is 0 Å². The van der Waals surface area contributed by atoms with Crippen molar-refractivity contribution in [3.63, 3.8) is 0 Å². The standard InChI is InChI=1S/C13H12F2N4O4S/c14-9-2-1-8(10(15)3-9)6-24(22,23)19-5-12-17-16-7-18(12)4-11(19)13(20)21/h1-3,7,11H,4-6H2,(H,20,21). The fraction of sp³-hybridized carbons (Fsp3) is 0.308. The van der Waals surface area contributed by atoms with Crippen LogP contribution < -0.4 is 0 Å². The second-order valence-corrected chi connectivity index (χ2v) is 7.21. The lowest BCUT2D eigenvalue weighted by molar-refractivity contribution is -0.142. The molecule has 1 atom stereocenters. The largest absolute Gasteiger partial charge is 0.480 e. The van der Waals surface area contributed by atoms with Gasteiger partial charge >= 0.3 is 5.97 Å². The van der Waals surface area contributed by atoms with Gasteiger partial charge in [-0.25, -0.2) is 17.2 Å². The van der Waals surface area contributed by atoms with Gasteiger partial charge in [0.15, 0.2) is 0 Å². The number of aromatic nitrogens is 3. The van der Waals surface area contributed by atoms with Crippen LogP contribution in [0.1, 0.15) is 11.4 Å². The molecule has 1 aromatic heterocycles. The summed E-state index contributed by atoms with van der Waals surface area (Å²) < 4.78 is 54.0. The number of carbonyl (C=O) groups is 1. The summed E-state index contributed by atoms with van der Waals surface area (Å²) in [5, 5.41) is 16.7. The number of halogens is 2. The number of benzene rings is 1. The number of sulfonamides is 1. The Kier molecular flexibility index (Phi) is 4.05. The Morgan fingerprint density at radius 1 is 1.38 bits per heavy atom. The van der Waals surface area contributed by atoms with Crippen LogP contribution >= 0.6 is 0 Å². The number of fused-ring (bicyclic) bond motifs is 1. The molecule has 0 aliphatic carbocycles. The van der Waals surface area contributed by atoms with Crippen molar-refractivity contribution in [2.75, 3.05) is 0 Å². The predicted molar refractivity (Wildman–Crippen MR) is 76.0 cm³/mol. The molecular formula is C13H12F2N4O4S. The van der Waals surface area contributed by atoms with Gasteiger partial charge in [0, 0.05) is 11.6 Å². The van der Waals surface area contributed by atoms with Crippen LogP contribution in [0.5, 0.6) is 0 Å². The highest BCUT2D eigenvalue weighted by Gasteiger charge is 2.40. The van der Waals surface area contributed by atoms with Gasteiger partial charge in [-0.15, -0.1) is 10.2 Å². The molecule has 0 fully saturated rings. The molecule has 1 aliphatic rings. The molecule has 11 heteroatoms. The third kappa shape index (κ3) is 2.99. The molecule has 8 nitrogen and oxygen atoms in total. The summed E-state index contributed by atoms with van der Waals surface area (Å²) in [5.41, 5.74) is -0.243. The Morgan fingerprint density at radius 2 is 2.12 bits per heavy atom. The van der Waals surface area contributed by atoms with E-state index in [1.165, 1.54) is 10.9 Å². The maximum Gasteiger partial charge on any atom is 0.323 e. The van der Waals surface area contributed by atoms with Gasteiger partial charge in [0.2, 0.25) is 10.0 Å². The van der Waals surface area contributed by atoms with Crippen molar-refractivity contribution in [3.05, 3.63) is 47.5 Å². The minimum Gasteiger partial charge on any atom is -0.480 e. The number of hydrogen-bond donors (Lipinski definition) is 1. The number of carboxylic acid groups (broad SMARTS) is 1. The topological polar surface area (TPSA) is 105 Å². The van der Waals surface area contributed by atoms with Gasteiger partial charge in [0.05, 0.1) is 18.8 Å². The second kappa shape index (κ2) is 5.91. The lowest BCUT2D eigenvalue weighted by atomic mass is 10.2. The van der Waals surface area contributed by atoms with Gasteiger partial charge in [-0.2, -0.15) is 4.31 Å². The molecule has 3 rings (SSSR count). The highest BCUT2D eigenvalue weighted by molar-refractivity contribution is 7.88. The van der Waals surface area contributed by atoms with Crippen molar-refractivity contribution in [2.45, 2.75) is 24.9 Å². The molecule has 2 heterocycles. The normalized spacial score (nSPS) is 18.3. The van der Waals surface area contributed by atoms with Crippen LogP contribution in [0, 0.1) is 11.6 Å². The summed E-state index contributed by atoms with van der Waals surface area (Å²) in [6.45, 7) is -0.440. The molecule has 2 aromatic rings. The average molecular weight is 358 g/mol. The highest BCUT2D eigenvalue weighted by atomic mass is 32.2. The zero-order valence-corrected chi connectivity index (χ0v) is 12.9. The molecule has 0 saturated heterocycles. The molecule has 24 heavy (non-hydrogen) atoms. The summed E-state index contributed by atoms with van der Waals surface area (Å²) in [4.78, 5) is 11.4. The summed E-state index contributed by atoms with van der Waals surface area (Å²) in [6, 6.07) is 1.17. The number of rotatable bonds is 4. The van der Waals surface area contributed by atoms with Crippen molar-refractivity contribution >= 4 is 16.0 Å². The van der Waals surface area contributed by atoms with Crippen molar-refractivity contribution < 1.29 is 27.1 Å². The molecule has 0 radical (unpaired) electrons. The summed E-state index contributed by atoms with van der Waals surface area (Å²) in [5.74, 6) is -3.67. The number of hydrogen-bond acceptors (Lipinski definition) is 5. The van der Waals surface area contributed by atoms with Crippen molar-refractivity contribution in [1.29, 1.82) is 0 Å². The van der Waals surface area contributed by atoms with Gasteiger partial charge in [-0.05, 0) is 6.07 Å². The lowest BCUT2D eigenvalue weighted by Crippen LogP contribution is -2.50. The minimum absolute atomic E-state index is 0.150. The van der Waals surface area contributed by atoms with E-state index in [1.54, 1.807) is 0 Å². The van der Waals surface area contributed by atoms with Crippen LogP contribution in [0.4, 0.5) is 8.78 Å². The maximum absolute atomic E-state index is 13.7. The zero-order chi connectivity index (χ0) is 17.5. The van der Waals surface area contributed by atoms with Crippen LogP contribution in [0.2, 0.25) is 0 Å².